The van der Waals surface area contributed by atoms with Gasteiger partial charge in [0.25, 0.3) is 0 Å². The van der Waals surface area contributed by atoms with Crippen LogP contribution in [0.5, 0.6) is 0 Å². The molecule has 5 nitrogen and oxygen atoms in total. The summed E-state index contributed by atoms with van der Waals surface area (Å²) >= 11 is 0. The van der Waals surface area contributed by atoms with Crippen LogP contribution in [0.4, 0.5) is 0 Å². The van der Waals surface area contributed by atoms with Crippen LogP contribution >= 0.6 is 0 Å². The minimum absolute atomic E-state index is 0.0231. The normalized spacial score (nSPS) is 26.5. The van der Waals surface area contributed by atoms with Crippen molar-refractivity contribution in [2.45, 2.75) is 45.2 Å². The van der Waals surface area contributed by atoms with Gasteiger partial charge in [-0.15, -0.1) is 0 Å². The van der Waals surface area contributed by atoms with Crippen molar-refractivity contribution in [2.75, 3.05) is 13.1 Å². The number of hydrogen-bond donors (Lipinski definition) is 1. The van der Waals surface area contributed by atoms with Crippen molar-refractivity contribution in [3.8, 4) is 0 Å². The van der Waals surface area contributed by atoms with Crippen LogP contribution in [-0.4, -0.2) is 47.4 Å². The summed E-state index contributed by atoms with van der Waals surface area (Å²) in [6, 6.07) is 0.0231. The topological polar surface area (TPSA) is 60.9 Å². The minimum Gasteiger partial charge on any atom is -0.348 e. The fraction of sp³-hybridized carbons (Fsp3) is 0.818. The van der Waals surface area contributed by atoms with Crippen LogP contribution in [0, 0.1) is 0 Å². The van der Waals surface area contributed by atoms with Gasteiger partial charge in [0, 0.05) is 19.1 Å². The van der Waals surface area contributed by atoms with Gasteiger partial charge in [0.2, 0.25) is 5.50 Å². The van der Waals surface area contributed by atoms with Gasteiger partial charge in [0.15, 0.2) is 0 Å². The van der Waals surface area contributed by atoms with Crippen molar-refractivity contribution < 1.29 is 13.0 Å². The molecule has 0 aliphatic carbocycles. The standard InChI is InChI=1S/C11H22N2O3S/c1-4-7-12-9-6-10(3)13(8-5-2)11(12)17(14,15)16/h6,9-11H,4-5,7-8H2,1-3H3,(H,14,15,16). The smallest absolute Gasteiger partial charge is 0.300 e. The van der Waals surface area contributed by atoms with Gasteiger partial charge in [-0.3, -0.25) is 9.45 Å². The molecule has 100 valence electrons. The van der Waals surface area contributed by atoms with Gasteiger partial charge in [-0.1, -0.05) is 19.9 Å². The molecule has 0 bridgehead atoms. The zero-order valence-corrected chi connectivity index (χ0v) is 11.5. The van der Waals surface area contributed by atoms with Crippen molar-refractivity contribution in [1.82, 2.24) is 9.80 Å². The van der Waals surface area contributed by atoms with Crippen LogP contribution in [-0.2, 0) is 10.1 Å². The average Bonchev–Trinajstić information content (AvgIpc) is 2.22. The lowest BCUT2D eigenvalue weighted by Crippen LogP contribution is -2.56. The molecule has 0 radical (unpaired) electrons. The van der Waals surface area contributed by atoms with E-state index in [4.69, 9.17) is 0 Å². The van der Waals surface area contributed by atoms with Gasteiger partial charge in [0.05, 0.1) is 0 Å². The second-order valence-electron chi connectivity index (χ2n) is 4.40. The highest BCUT2D eigenvalue weighted by molar-refractivity contribution is 7.86. The molecule has 2 atom stereocenters. The number of hydrogen-bond acceptors (Lipinski definition) is 4. The zero-order valence-electron chi connectivity index (χ0n) is 10.7. The summed E-state index contributed by atoms with van der Waals surface area (Å²) in [7, 11) is -4.10. The monoisotopic (exact) mass is 262 g/mol. The lowest BCUT2D eigenvalue weighted by atomic mass is 10.2. The first kappa shape index (κ1) is 14.5. The molecule has 17 heavy (non-hydrogen) atoms. The highest BCUT2D eigenvalue weighted by Crippen LogP contribution is 2.22. The maximum Gasteiger partial charge on any atom is 0.300 e. The Kier molecular flexibility index (Phi) is 4.97. The first-order valence-electron chi connectivity index (χ1n) is 6.08. The van der Waals surface area contributed by atoms with Crippen molar-refractivity contribution in [1.29, 1.82) is 0 Å². The number of rotatable bonds is 5. The lowest BCUT2D eigenvalue weighted by molar-refractivity contribution is 0.0911. The van der Waals surface area contributed by atoms with E-state index in [0.717, 1.165) is 12.8 Å². The second-order valence-corrected chi connectivity index (χ2v) is 5.85. The van der Waals surface area contributed by atoms with Crippen LogP contribution in [0.1, 0.15) is 33.6 Å². The third kappa shape index (κ3) is 3.43. The lowest BCUT2D eigenvalue weighted by Gasteiger charge is -2.42. The van der Waals surface area contributed by atoms with Crippen LogP contribution in [0.25, 0.3) is 0 Å². The van der Waals surface area contributed by atoms with E-state index in [0.29, 0.717) is 13.1 Å². The van der Waals surface area contributed by atoms with Crippen molar-refractivity contribution >= 4 is 10.1 Å². The summed E-state index contributed by atoms with van der Waals surface area (Å²) in [6.07, 6.45) is 5.43. The Hall–Kier alpha value is -0.590. The first-order chi connectivity index (χ1) is 7.91. The summed E-state index contributed by atoms with van der Waals surface area (Å²) in [4.78, 5) is 3.50. The summed E-state index contributed by atoms with van der Waals surface area (Å²) in [5.41, 5.74) is -0.942. The van der Waals surface area contributed by atoms with Gasteiger partial charge in [-0.05, 0) is 26.0 Å². The molecule has 0 aromatic carbocycles. The Balaban J connectivity index is 3.05. The molecule has 1 rings (SSSR count). The van der Waals surface area contributed by atoms with Gasteiger partial charge < -0.3 is 4.90 Å². The van der Waals surface area contributed by atoms with Crippen molar-refractivity contribution in [3.63, 3.8) is 0 Å². The molecule has 1 heterocycles. The van der Waals surface area contributed by atoms with E-state index in [1.54, 1.807) is 11.1 Å². The van der Waals surface area contributed by atoms with E-state index in [1.165, 1.54) is 0 Å². The summed E-state index contributed by atoms with van der Waals surface area (Å²) in [6.45, 7) is 7.19. The van der Waals surface area contributed by atoms with Gasteiger partial charge >= 0.3 is 10.1 Å². The third-order valence-corrected chi connectivity index (χ3v) is 3.95. The fourth-order valence-corrected chi connectivity index (χ4v) is 3.33. The molecule has 1 aliphatic heterocycles. The fourth-order valence-electron chi connectivity index (χ4n) is 2.17. The summed E-state index contributed by atoms with van der Waals surface area (Å²) in [5, 5.41) is 0. The van der Waals surface area contributed by atoms with E-state index in [2.05, 4.69) is 0 Å². The minimum atomic E-state index is -4.10. The molecule has 0 fully saturated rings. The largest absolute Gasteiger partial charge is 0.348 e. The van der Waals surface area contributed by atoms with E-state index < -0.39 is 15.6 Å². The third-order valence-electron chi connectivity index (χ3n) is 2.88. The van der Waals surface area contributed by atoms with Crippen molar-refractivity contribution in [3.05, 3.63) is 12.3 Å². The summed E-state index contributed by atoms with van der Waals surface area (Å²) < 4.78 is 32.5. The van der Waals surface area contributed by atoms with E-state index in [9.17, 15) is 13.0 Å². The highest BCUT2D eigenvalue weighted by Gasteiger charge is 2.37. The Morgan fingerprint density at radius 1 is 1.24 bits per heavy atom. The summed E-state index contributed by atoms with van der Waals surface area (Å²) in [5.74, 6) is 0. The molecule has 6 heteroatoms. The molecular formula is C11H22N2O3S. The van der Waals surface area contributed by atoms with Crippen LogP contribution in [0.3, 0.4) is 0 Å². The van der Waals surface area contributed by atoms with Gasteiger partial charge in [-0.25, -0.2) is 0 Å². The molecule has 0 saturated carbocycles. The molecule has 0 saturated heterocycles. The second kappa shape index (κ2) is 5.84. The molecule has 0 aromatic rings. The van der Waals surface area contributed by atoms with Crippen LogP contribution in [0.2, 0.25) is 0 Å². The molecule has 1 aliphatic rings. The Morgan fingerprint density at radius 3 is 2.29 bits per heavy atom. The Labute approximate surface area is 104 Å². The first-order valence-corrected chi connectivity index (χ1v) is 7.58. The van der Waals surface area contributed by atoms with E-state index in [-0.39, 0.29) is 6.04 Å². The highest BCUT2D eigenvalue weighted by atomic mass is 32.2. The maximum atomic E-state index is 11.5. The molecule has 0 aromatic heterocycles. The molecule has 1 N–H and O–H groups in total. The predicted molar refractivity (Wildman–Crippen MR) is 67.9 cm³/mol. The Morgan fingerprint density at radius 2 is 1.82 bits per heavy atom. The molecular weight excluding hydrogens is 240 g/mol. The molecule has 0 amide bonds. The number of nitrogens with zero attached hydrogens (tertiary/aromatic N) is 2. The van der Waals surface area contributed by atoms with E-state index in [1.807, 2.05) is 31.7 Å². The average molecular weight is 262 g/mol. The predicted octanol–water partition coefficient (Wildman–Crippen LogP) is 1.50. The van der Waals surface area contributed by atoms with Gasteiger partial charge in [-0.2, -0.15) is 8.42 Å². The Bertz CT molecular complexity index is 367. The van der Waals surface area contributed by atoms with Crippen LogP contribution in [0.15, 0.2) is 12.3 Å². The quantitative estimate of drug-likeness (QED) is 0.761. The maximum absolute atomic E-state index is 11.5. The molecule has 2 unspecified atom stereocenters. The van der Waals surface area contributed by atoms with E-state index >= 15 is 0 Å². The van der Waals surface area contributed by atoms with Crippen LogP contribution < -0.4 is 0 Å². The van der Waals surface area contributed by atoms with Crippen molar-refractivity contribution in [2.24, 2.45) is 0 Å². The van der Waals surface area contributed by atoms with Gasteiger partial charge in [0.1, 0.15) is 0 Å². The molecule has 0 spiro atoms. The zero-order chi connectivity index (χ0) is 13.1. The SMILES string of the molecule is CCCN1C=CC(C)N(CCC)C1S(=O)(=O)O.